The second-order valence-electron chi connectivity index (χ2n) is 6.96. The van der Waals surface area contributed by atoms with Crippen LogP contribution in [0, 0.1) is 16.7 Å². The van der Waals surface area contributed by atoms with Crippen LogP contribution in [0.2, 0.25) is 0 Å². The lowest BCUT2D eigenvalue weighted by molar-refractivity contribution is -0.140. The van der Waals surface area contributed by atoms with Crippen LogP contribution in [0.5, 0.6) is 0 Å². The Hall–Kier alpha value is -2.24. The lowest BCUT2D eigenvalue weighted by atomic mass is 9.86. The average Bonchev–Trinajstić information content (AvgIpc) is 3.43. The van der Waals surface area contributed by atoms with Gasteiger partial charge in [0.2, 0.25) is 17.6 Å². The SMILES string of the molecule is N#CC1(C(=O)N2CCN(Cc3nc(-c4cccs4)no3)CC2)CCCC1. The summed E-state index contributed by atoms with van der Waals surface area (Å²) in [6, 6.07) is 6.24. The molecule has 0 spiro atoms. The van der Waals surface area contributed by atoms with Gasteiger partial charge in [-0.25, -0.2) is 0 Å². The second-order valence-corrected chi connectivity index (χ2v) is 7.91. The molecule has 1 aliphatic heterocycles. The number of carbonyl (C=O) groups excluding carboxylic acids is 1. The van der Waals surface area contributed by atoms with Gasteiger partial charge in [0.05, 0.1) is 17.5 Å². The van der Waals surface area contributed by atoms with Crippen molar-refractivity contribution in [3.05, 3.63) is 23.4 Å². The molecule has 0 atom stereocenters. The molecule has 0 bridgehead atoms. The van der Waals surface area contributed by atoms with E-state index in [1.54, 1.807) is 11.3 Å². The van der Waals surface area contributed by atoms with Crippen molar-refractivity contribution >= 4 is 17.2 Å². The Balaban J connectivity index is 1.33. The normalized spacial score (nSPS) is 20.2. The van der Waals surface area contributed by atoms with E-state index in [1.165, 1.54) is 0 Å². The van der Waals surface area contributed by atoms with E-state index in [-0.39, 0.29) is 5.91 Å². The van der Waals surface area contributed by atoms with Crippen molar-refractivity contribution in [1.82, 2.24) is 19.9 Å². The molecule has 8 heteroatoms. The molecule has 1 aliphatic carbocycles. The third kappa shape index (κ3) is 3.24. The summed E-state index contributed by atoms with van der Waals surface area (Å²) in [5.41, 5.74) is -0.774. The van der Waals surface area contributed by atoms with E-state index in [1.807, 2.05) is 22.4 Å². The standard InChI is InChI=1S/C18H21N5O2S/c19-13-18(5-1-2-6-18)17(24)23-9-7-22(8-10-23)12-15-20-16(21-25-15)14-4-3-11-26-14/h3-4,11H,1-2,5-10,12H2. The molecule has 2 fully saturated rings. The van der Waals surface area contributed by atoms with E-state index in [9.17, 15) is 10.1 Å². The van der Waals surface area contributed by atoms with Crippen LogP contribution in [0.25, 0.3) is 10.7 Å². The van der Waals surface area contributed by atoms with Crippen molar-refractivity contribution < 1.29 is 9.32 Å². The monoisotopic (exact) mass is 371 g/mol. The molecule has 1 saturated carbocycles. The van der Waals surface area contributed by atoms with Gasteiger partial charge in [-0.05, 0) is 24.3 Å². The molecule has 2 aliphatic rings. The van der Waals surface area contributed by atoms with Gasteiger partial charge in [-0.15, -0.1) is 11.3 Å². The quantitative estimate of drug-likeness (QED) is 0.821. The van der Waals surface area contributed by atoms with Crippen LogP contribution < -0.4 is 0 Å². The minimum atomic E-state index is -0.774. The van der Waals surface area contributed by atoms with Gasteiger partial charge in [0.1, 0.15) is 5.41 Å². The van der Waals surface area contributed by atoms with E-state index < -0.39 is 5.41 Å². The zero-order valence-electron chi connectivity index (χ0n) is 14.6. The van der Waals surface area contributed by atoms with Gasteiger partial charge < -0.3 is 9.42 Å². The van der Waals surface area contributed by atoms with Crippen LogP contribution in [-0.2, 0) is 11.3 Å². The third-order valence-corrected chi connectivity index (χ3v) is 6.17. The van der Waals surface area contributed by atoms with Gasteiger partial charge in [0.15, 0.2) is 0 Å². The highest BCUT2D eigenvalue weighted by Crippen LogP contribution is 2.39. The topological polar surface area (TPSA) is 86.3 Å². The molecule has 0 N–H and O–H groups in total. The van der Waals surface area contributed by atoms with E-state index in [2.05, 4.69) is 21.1 Å². The molecule has 7 nitrogen and oxygen atoms in total. The molecule has 136 valence electrons. The molecule has 2 aromatic rings. The summed E-state index contributed by atoms with van der Waals surface area (Å²) in [4.78, 5) is 22.3. The number of hydrogen-bond acceptors (Lipinski definition) is 7. The summed E-state index contributed by atoms with van der Waals surface area (Å²) < 4.78 is 5.36. The molecule has 3 heterocycles. The van der Waals surface area contributed by atoms with E-state index in [4.69, 9.17) is 4.52 Å². The Kier molecular flexibility index (Phi) is 4.74. The number of rotatable bonds is 4. The Morgan fingerprint density at radius 3 is 2.73 bits per heavy atom. The second kappa shape index (κ2) is 7.17. The van der Waals surface area contributed by atoms with Crippen molar-refractivity contribution in [3.63, 3.8) is 0 Å². The summed E-state index contributed by atoms with van der Waals surface area (Å²) in [6.45, 7) is 3.39. The molecule has 4 rings (SSSR count). The fourth-order valence-corrected chi connectivity index (χ4v) is 4.43. The predicted molar refractivity (Wildman–Crippen MR) is 96.0 cm³/mol. The van der Waals surface area contributed by atoms with Gasteiger partial charge in [0, 0.05) is 26.2 Å². The van der Waals surface area contributed by atoms with Crippen LogP contribution in [0.4, 0.5) is 0 Å². The van der Waals surface area contributed by atoms with Crippen LogP contribution in [0.1, 0.15) is 31.6 Å². The van der Waals surface area contributed by atoms with Crippen LogP contribution >= 0.6 is 11.3 Å². The Morgan fingerprint density at radius 1 is 1.31 bits per heavy atom. The van der Waals surface area contributed by atoms with Crippen molar-refractivity contribution in [1.29, 1.82) is 5.26 Å². The first-order valence-corrected chi connectivity index (χ1v) is 9.88. The first-order chi connectivity index (χ1) is 12.7. The lowest BCUT2D eigenvalue weighted by Crippen LogP contribution is -2.52. The van der Waals surface area contributed by atoms with Crippen LogP contribution in [0.15, 0.2) is 22.0 Å². The number of thiophene rings is 1. The lowest BCUT2D eigenvalue weighted by Gasteiger charge is -2.37. The highest BCUT2D eigenvalue weighted by atomic mass is 32.1. The van der Waals surface area contributed by atoms with Crippen molar-refractivity contribution in [3.8, 4) is 16.8 Å². The van der Waals surface area contributed by atoms with Gasteiger partial charge in [-0.3, -0.25) is 9.69 Å². The summed E-state index contributed by atoms with van der Waals surface area (Å²) >= 11 is 1.58. The number of piperazine rings is 1. The number of aromatic nitrogens is 2. The number of carbonyl (C=O) groups is 1. The number of amides is 1. The fraction of sp³-hybridized carbons (Fsp3) is 0.556. The van der Waals surface area contributed by atoms with Crippen LogP contribution in [-0.4, -0.2) is 52.0 Å². The van der Waals surface area contributed by atoms with Crippen molar-refractivity contribution in [2.24, 2.45) is 5.41 Å². The zero-order valence-corrected chi connectivity index (χ0v) is 15.4. The Bertz CT molecular complexity index is 796. The van der Waals surface area contributed by atoms with Crippen molar-refractivity contribution in [2.75, 3.05) is 26.2 Å². The highest BCUT2D eigenvalue weighted by Gasteiger charge is 2.44. The molecule has 0 unspecified atom stereocenters. The van der Waals surface area contributed by atoms with Gasteiger partial charge in [-0.2, -0.15) is 10.2 Å². The maximum atomic E-state index is 12.8. The molecule has 1 amide bonds. The maximum Gasteiger partial charge on any atom is 0.243 e. The average molecular weight is 371 g/mol. The first kappa shape index (κ1) is 17.2. The fourth-order valence-electron chi connectivity index (χ4n) is 3.78. The largest absolute Gasteiger partial charge is 0.339 e. The smallest absolute Gasteiger partial charge is 0.243 e. The zero-order chi connectivity index (χ0) is 18.0. The maximum absolute atomic E-state index is 12.8. The van der Waals surface area contributed by atoms with E-state index >= 15 is 0 Å². The number of hydrogen-bond donors (Lipinski definition) is 0. The third-order valence-electron chi connectivity index (χ3n) is 5.31. The summed E-state index contributed by atoms with van der Waals surface area (Å²) in [6.07, 6.45) is 3.36. The minimum Gasteiger partial charge on any atom is -0.339 e. The molecule has 1 saturated heterocycles. The predicted octanol–water partition coefficient (Wildman–Crippen LogP) is 2.53. The van der Waals surface area contributed by atoms with Gasteiger partial charge >= 0.3 is 0 Å². The first-order valence-electron chi connectivity index (χ1n) is 9.00. The minimum absolute atomic E-state index is 0.0231. The van der Waals surface area contributed by atoms with Crippen LogP contribution in [0.3, 0.4) is 0 Å². The molecular weight excluding hydrogens is 350 g/mol. The summed E-state index contributed by atoms with van der Waals surface area (Å²) in [7, 11) is 0. The molecular formula is C18H21N5O2S. The Labute approximate surface area is 156 Å². The van der Waals surface area contributed by atoms with Gasteiger partial charge in [0.25, 0.3) is 0 Å². The molecule has 2 aromatic heterocycles. The number of nitrogens with zero attached hydrogens (tertiary/aromatic N) is 5. The molecule has 26 heavy (non-hydrogen) atoms. The molecule has 0 radical (unpaired) electrons. The van der Waals surface area contributed by atoms with Gasteiger partial charge in [-0.1, -0.05) is 24.1 Å². The highest BCUT2D eigenvalue weighted by molar-refractivity contribution is 7.13. The Morgan fingerprint density at radius 2 is 2.08 bits per heavy atom. The van der Waals surface area contributed by atoms with E-state index in [0.29, 0.717) is 44.2 Å². The molecule has 0 aromatic carbocycles. The summed E-state index contributed by atoms with van der Waals surface area (Å²) in [5.74, 6) is 1.24. The number of nitriles is 1. The van der Waals surface area contributed by atoms with Crippen molar-refractivity contribution in [2.45, 2.75) is 32.2 Å². The van der Waals surface area contributed by atoms with E-state index in [0.717, 1.165) is 30.8 Å². The summed E-state index contributed by atoms with van der Waals surface area (Å²) in [5, 5.41) is 15.5.